The topological polar surface area (TPSA) is 59.7 Å². The molecule has 1 saturated heterocycles. The van der Waals surface area contributed by atoms with Crippen molar-refractivity contribution in [3.05, 3.63) is 39.9 Å². The lowest BCUT2D eigenvalue weighted by atomic mass is 10.1. The van der Waals surface area contributed by atoms with Crippen molar-refractivity contribution in [2.24, 2.45) is 0 Å². The molecular weight excluding hydrogens is 388 g/mol. The van der Waals surface area contributed by atoms with Crippen LogP contribution in [-0.4, -0.2) is 37.4 Å². The maximum atomic E-state index is 6.14. The zero-order valence-electron chi connectivity index (χ0n) is 14.4. The van der Waals surface area contributed by atoms with Gasteiger partial charge in [-0.1, -0.05) is 45.5 Å². The Morgan fingerprint density at radius 3 is 2.54 bits per heavy atom. The number of rotatable bonds is 5. The highest BCUT2D eigenvalue weighted by Crippen LogP contribution is 2.31. The van der Waals surface area contributed by atoms with E-state index >= 15 is 0 Å². The van der Waals surface area contributed by atoms with Crippen LogP contribution in [0.25, 0.3) is 5.69 Å². The van der Waals surface area contributed by atoms with Crippen molar-refractivity contribution in [1.82, 2.24) is 24.4 Å². The minimum absolute atomic E-state index is 0.624. The molecule has 0 bridgehead atoms. The average Bonchev–Trinajstić information content (AvgIpc) is 3.27. The van der Waals surface area contributed by atoms with E-state index in [9.17, 15) is 0 Å². The molecule has 1 aliphatic heterocycles. The van der Waals surface area contributed by atoms with Gasteiger partial charge in [0.05, 0.1) is 5.69 Å². The first-order valence-electron chi connectivity index (χ1n) is 8.59. The molecule has 26 heavy (non-hydrogen) atoms. The van der Waals surface area contributed by atoms with Crippen molar-refractivity contribution in [3.8, 4) is 5.69 Å². The van der Waals surface area contributed by atoms with Gasteiger partial charge in [-0.3, -0.25) is 4.57 Å². The van der Waals surface area contributed by atoms with E-state index in [1.165, 1.54) is 36.4 Å². The van der Waals surface area contributed by atoms with Gasteiger partial charge in [-0.05, 0) is 38.3 Å². The Bertz CT molecular complexity index is 870. The fraction of sp³-hybridized carbons (Fsp3) is 0.412. The number of benzene rings is 1. The number of thioether (sulfide) groups is 1. The minimum atomic E-state index is 0.624. The molecule has 0 atom stereocenters. The number of hydrogen-bond donors (Lipinski definition) is 0. The van der Waals surface area contributed by atoms with E-state index in [2.05, 4.69) is 60.4 Å². The van der Waals surface area contributed by atoms with Crippen LogP contribution >= 0.6 is 34.9 Å². The van der Waals surface area contributed by atoms with Crippen LogP contribution < -0.4 is 4.90 Å². The summed E-state index contributed by atoms with van der Waals surface area (Å²) in [6.07, 6.45) is 3.68. The standard InChI is InChI=1S/C17H19ClN6S2/c1-12-5-7-13(8-6-12)24-16(23-9-3-2-4-10-23)20-21-17(24)25-11-14-15(18)26-22-19-14/h5-8H,2-4,9-11H2,1H3. The first-order valence-corrected chi connectivity index (χ1v) is 10.7. The quantitative estimate of drug-likeness (QED) is 0.586. The average molecular weight is 407 g/mol. The van der Waals surface area contributed by atoms with Gasteiger partial charge < -0.3 is 4.90 Å². The molecule has 1 aliphatic rings. The summed E-state index contributed by atoms with van der Waals surface area (Å²) in [7, 11) is 0. The Morgan fingerprint density at radius 2 is 1.85 bits per heavy atom. The molecule has 3 heterocycles. The van der Waals surface area contributed by atoms with Crippen LogP contribution in [-0.2, 0) is 5.75 Å². The number of aryl methyl sites for hydroxylation is 1. The molecule has 3 aromatic rings. The summed E-state index contributed by atoms with van der Waals surface area (Å²) < 4.78 is 6.67. The number of aromatic nitrogens is 5. The van der Waals surface area contributed by atoms with Gasteiger partial charge in [0.2, 0.25) is 5.95 Å². The first kappa shape index (κ1) is 17.8. The van der Waals surface area contributed by atoms with Gasteiger partial charge in [0.1, 0.15) is 10.0 Å². The lowest BCUT2D eigenvalue weighted by molar-refractivity contribution is 0.564. The summed E-state index contributed by atoms with van der Waals surface area (Å²) in [4.78, 5) is 2.33. The maximum absolute atomic E-state index is 6.14. The fourth-order valence-electron chi connectivity index (χ4n) is 2.99. The van der Waals surface area contributed by atoms with Crippen molar-refractivity contribution >= 4 is 40.8 Å². The molecule has 0 aliphatic carbocycles. The molecule has 6 nitrogen and oxygen atoms in total. The van der Waals surface area contributed by atoms with Crippen LogP contribution in [0.5, 0.6) is 0 Å². The molecule has 1 aromatic carbocycles. The third-order valence-corrected chi connectivity index (χ3v) is 6.32. The Labute approximate surface area is 165 Å². The second kappa shape index (κ2) is 7.94. The van der Waals surface area contributed by atoms with Crippen LogP contribution in [0.15, 0.2) is 29.4 Å². The smallest absolute Gasteiger partial charge is 0.232 e. The number of nitrogens with zero attached hydrogens (tertiary/aromatic N) is 6. The Balaban J connectivity index is 1.67. The van der Waals surface area contributed by atoms with Crippen LogP contribution in [0.3, 0.4) is 0 Å². The summed E-state index contributed by atoms with van der Waals surface area (Å²) >= 11 is 8.93. The van der Waals surface area contributed by atoms with E-state index in [1.807, 2.05) is 0 Å². The van der Waals surface area contributed by atoms with Gasteiger partial charge in [0.15, 0.2) is 5.16 Å². The van der Waals surface area contributed by atoms with E-state index in [0.29, 0.717) is 10.1 Å². The van der Waals surface area contributed by atoms with Gasteiger partial charge in [-0.25, -0.2) is 0 Å². The van der Waals surface area contributed by atoms with Crippen molar-refractivity contribution in [2.75, 3.05) is 18.0 Å². The molecule has 4 rings (SSSR count). The second-order valence-corrected chi connectivity index (χ2v) is 8.58. The van der Waals surface area contributed by atoms with Gasteiger partial charge in [-0.2, -0.15) is 0 Å². The van der Waals surface area contributed by atoms with Gasteiger partial charge in [0.25, 0.3) is 0 Å². The molecule has 0 radical (unpaired) electrons. The molecule has 0 unspecified atom stereocenters. The Morgan fingerprint density at radius 1 is 1.08 bits per heavy atom. The summed E-state index contributed by atoms with van der Waals surface area (Å²) in [6, 6.07) is 8.47. The summed E-state index contributed by atoms with van der Waals surface area (Å²) in [5.74, 6) is 1.54. The third kappa shape index (κ3) is 3.72. The summed E-state index contributed by atoms with van der Waals surface area (Å²) in [5.41, 5.74) is 3.10. The van der Waals surface area contributed by atoms with Crippen LogP contribution in [0.4, 0.5) is 5.95 Å². The fourth-order valence-corrected chi connectivity index (χ4v) is 4.67. The highest BCUT2D eigenvalue weighted by molar-refractivity contribution is 7.98. The lowest BCUT2D eigenvalue weighted by Crippen LogP contribution is -2.31. The van der Waals surface area contributed by atoms with E-state index in [4.69, 9.17) is 11.6 Å². The highest BCUT2D eigenvalue weighted by Gasteiger charge is 2.22. The van der Waals surface area contributed by atoms with E-state index in [0.717, 1.165) is 35.6 Å². The van der Waals surface area contributed by atoms with Crippen molar-refractivity contribution < 1.29 is 0 Å². The van der Waals surface area contributed by atoms with Crippen LogP contribution in [0.2, 0.25) is 4.34 Å². The molecule has 0 N–H and O–H groups in total. The number of hydrogen-bond acceptors (Lipinski definition) is 7. The van der Waals surface area contributed by atoms with Crippen molar-refractivity contribution in [2.45, 2.75) is 37.1 Å². The van der Waals surface area contributed by atoms with Gasteiger partial charge in [0, 0.05) is 30.4 Å². The number of piperidine rings is 1. The second-order valence-electron chi connectivity index (χ2n) is 6.28. The maximum Gasteiger partial charge on any atom is 0.232 e. The minimum Gasteiger partial charge on any atom is -0.341 e. The normalized spacial score (nSPS) is 14.8. The van der Waals surface area contributed by atoms with E-state index < -0.39 is 0 Å². The molecule has 0 saturated carbocycles. The molecule has 136 valence electrons. The van der Waals surface area contributed by atoms with Crippen molar-refractivity contribution in [1.29, 1.82) is 0 Å². The predicted octanol–water partition coefficient (Wildman–Crippen LogP) is 4.36. The van der Waals surface area contributed by atoms with Gasteiger partial charge >= 0.3 is 0 Å². The molecule has 1 fully saturated rings. The van der Waals surface area contributed by atoms with Gasteiger partial charge in [-0.15, -0.1) is 15.3 Å². The first-order chi connectivity index (χ1) is 12.7. The lowest BCUT2D eigenvalue weighted by Gasteiger charge is -2.27. The molecular formula is C17H19ClN6S2. The van der Waals surface area contributed by atoms with Crippen LogP contribution in [0, 0.1) is 6.92 Å². The SMILES string of the molecule is Cc1ccc(-n2c(SCc3nnsc3Cl)nnc2N2CCCCC2)cc1. The Hall–Kier alpha value is -1.64. The van der Waals surface area contributed by atoms with E-state index in [-0.39, 0.29) is 0 Å². The van der Waals surface area contributed by atoms with Crippen molar-refractivity contribution in [3.63, 3.8) is 0 Å². The number of anilines is 1. The highest BCUT2D eigenvalue weighted by atomic mass is 35.5. The molecule has 9 heteroatoms. The molecule has 0 spiro atoms. The monoisotopic (exact) mass is 406 g/mol. The summed E-state index contributed by atoms with van der Waals surface area (Å²) in [6.45, 7) is 4.14. The van der Waals surface area contributed by atoms with E-state index in [1.54, 1.807) is 11.8 Å². The zero-order chi connectivity index (χ0) is 17.9. The largest absolute Gasteiger partial charge is 0.341 e. The predicted molar refractivity (Wildman–Crippen MR) is 107 cm³/mol. The number of halogens is 1. The zero-order valence-corrected chi connectivity index (χ0v) is 16.8. The van der Waals surface area contributed by atoms with Crippen LogP contribution in [0.1, 0.15) is 30.5 Å². The summed E-state index contributed by atoms with van der Waals surface area (Å²) in [5, 5.41) is 13.9. The molecule has 2 aromatic heterocycles. The Kier molecular flexibility index (Phi) is 5.42. The molecule has 0 amide bonds. The third-order valence-electron chi connectivity index (χ3n) is 4.39.